The number of alkyl carbamates (subject to hydrolysis) is 1. The minimum atomic E-state index is -1.12. The van der Waals surface area contributed by atoms with Crippen LogP contribution < -0.4 is 21.7 Å². The number of aromatic nitrogens is 1. The van der Waals surface area contributed by atoms with E-state index in [4.69, 9.17) is 19.9 Å². The standard InChI is InChI=1S/C32H43N5O7/c1-32(2,3)44-31(41)37-24(16-21-18-34-23-14-10-9-13-22(21)23)27(36-26(30(40)43-5)17-28(38)42-4)19-35-25(29(33)39)15-20-11-7-6-8-12-20/h6-14,18,24-27,34-36H,15-17,19H2,1-5H3,(H2,33,39)(H,37,41)/t24-,25-,26-,27-/m0/s1. The fourth-order valence-electron chi connectivity index (χ4n) is 4.86. The van der Waals surface area contributed by atoms with Gasteiger partial charge in [0.25, 0.3) is 0 Å². The molecule has 3 rings (SSSR count). The van der Waals surface area contributed by atoms with Gasteiger partial charge in [-0.25, -0.2) is 4.79 Å². The van der Waals surface area contributed by atoms with Crippen molar-refractivity contribution in [3.8, 4) is 0 Å². The number of fused-ring (bicyclic) bond motifs is 1. The van der Waals surface area contributed by atoms with Gasteiger partial charge in [0.2, 0.25) is 5.91 Å². The largest absolute Gasteiger partial charge is 0.469 e. The van der Waals surface area contributed by atoms with E-state index in [1.54, 1.807) is 20.8 Å². The number of H-pyrrole nitrogens is 1. The van der Waals surface area contributed by atoms with Crippen LogP contribution in [-0.2, 0) is 41.4 Å². The lowest BCUT2D eigenvalue weighted by Crippen LogP contribution is -2.61. The van der Waals surface area contributed by atoms with Crippen LogP contribution in [0.25, 0.3) is 10.9 Å². The lowest BCUT2D eigenvalue weighted by Gasteiger charge is -2.33. The fourth-order valence-corrected chi connectivity index (χ4v) is 4.86. The zero-order chi connectivity index (χ0) is 32.3. The van der Waals surface area contributed by atoms with Crippen LogP contribution in [0.15, 0.2) is 60.8 Å². The van der Waals surface area contributed by atoms with Gasteiger partial charge < -0.3 is 35.6 Å². The smallest absolute Gasteiger partial charge is 0.407 e. The predicted molar refractivity (Wildman–Crippen MR) is 166 cm³/mol. The molecule has 238 valence electrons. The maximum atomic E-state index is 13.1. The molecule has 0 radical (unpaired) electrons. The Morgan fingerprint density at radius 3 is 2.20 bits per heavy atom. The van der Waals surface area contributed by atoms with Crippen LogP contribution in [0.3, 0.4) is 0 Å². The molecule has 0 spiro atoms. The quantitative estimate of drug-likeness (QED) is 0.128. The summed E-state index contributed by atoms with van der Waals surface area (Å²) in [5.41, 5.74) is 7.70. The number of rotatable bonds is 15. The number of ether oxygens (including phenoxy) is 3. The molecule has 12 nitrogen and oxygen atoms in total. The number of methoxy groups -OCH3 is 2. The SMILES string of the molecule is COC(=O)C[C@H](N[C@@H](CN[C@@H](Cc1ccccc1)C(N)=O)[C@H](Cc1c[nH]c2ccccc12)NC(=O)OC(C)(C)C)C(=O)OC. The number of aromatic amines is 1. The molecule has 2 amide bonds. The summed E-state index contributed by atoms with van der Waals surface area (Å²) in [4.78, 5) is 53.9. The molecule has 1 heterocycles. The average Bonchev–Trinajstić information content (AvgIpc) is 3.39. The highest BCUT2D eigenvalue weighted by Crippen LogP contribution is 2.21. The third kappa shape index (κ3) is 10.4. The zero-order valence-corrected chi connectivity index (χ0v) is 25.8. The van der Waals surface area contributed by atoms with Crippen LogP contribution in [0.2, 0.25) is 0 Å². The molecule has 0 unspecified atom stereocenters. The van der Waals surface area contributed by atoms with Crippen molar-refractivity contribution < 1.29 is 33.4 Å². The van der Waals surface area contributed by atoms with Gasteiger partial charge in [-0.05, 0) is 50.8 Å². The van der Waals surface area contributed by atoms with Crippen molar-refractivity contribution in [3.63, 3.8) is 0 Å². The summed E-state index contributed by atoms with van der Waals surface area (Å²) in [7, 11) is 2.44. The summed E-state index contributed by atoms with van der Waals surface area (Å²) in [6.07, 6.45) is 1.47. The highest BCUT2D eigenvalue weighted by atomic mass is 16.6. The molecule has 0 saturated carbocycles. The van der Waals surface area contributed by atoms with Crippen LogP contribution in [0.1, 0.15) is 38.3 Å². The molecule has 0 aliphatic heterocycles. The van der Waals surface area contributed by atoms with Crippen molar-refractivity contribution in [2.75, 3.05) is 20.8 Å². The van der Waals surface area contributed by atoms with E-state index < -0.39 is 53.7 Å². The van der Waals surface area contributed by atoms with Gasteiger partial charge in [0.1, 0.15) is 11.6 Å². The molecule has 3 aromatic rings. The Balaban J connectivity index is 1.99. The van der Waals surface area contributed by atoms with E-state index >= 15 is 0 Å². The molecule has 0 saturated heterocycles. The second kappa shape index (κ2) is 15.9. The van der Waals surface area contributed by atoms with E-state index in [-0.39, 0.29) is 13.0 Å². The van der Waals surface area contributed by atoms with Gasteiger partial charge in [0.05, 0.1) is 32.7 Å². The van der Waals surface area contributed by atoms with Crippen LogP contribution in [0, 0.1) is 0 Å². The number of hydrogen-bond donors (Lipinski definition) is 5. The van der Waals surface area contributed by atoms with Crippen molar-refractivity contribution in [1.82, 2.24) is 20.9 Å². The minimum absolute atomic E-state index is 0.0674. The Labute approximate surface area is 257 Å². The van der Waals surface area contributed by atoms with Crippen molar-refractivity contribution in [2.24, 2.45) is 5.73 Å². The zero-order valence-electron chi connectivity index (χ0n) is 25.8. The summed E-state index contributed by atoms with van der Waals surface area (Å²) in [5, 5.41) is 10.3. The number of hydrogen-bond acceptors (Lipinski definition) is 9. The number of nitrogens with one attached hydrogen (secondary N) is 4. The molecule has 12 heteroatoms. The maximum absolute atomic E-state index is 13.1. The number of benzene rings is 2. The molecule has 1 aromatic heterocycles. The van der Waals surface area contributed by atoms with Crippen LogP contribution in [-0.4, -0.2) is 79.5 Å². The summed E-state index contributed by atoms with van der Waals surface area (Å²) in [6, 6.07) is 13.8. The van der Waals surface area contributed by atoms with Crippen molar-refractivity contribution in [3.05, 3.63) is 71.9 Å². The van der Waals surface area contributed by atoms with E-state index in [1.165, 1.54) is 14.2 Å². The van der Waals surface area contributed by atoms with Crippen LogP contribution in [0.5, 0.6) is 0 Å². The fraction of sp³-hybridized carbons (Fsp3) is 0.438. The van der Waals surface area contributed by atoms with Gasteiger partial charge >= 0.3 is 18.0 Å². The lowest BCUT2D eigenvalue weighted by atomic mass is 9.96. The number of carbonyl (C=O) groups excluding carboxylic acids is 4. The van der Waals surface area contributed by atoms with E-state index in [0.29, 0.717) is 12.8 Å². The molecular formula is C32H43N5O7. The monoisotopic (exact) mass is 609 g/mol. The predicted octanol–water partition coefficient (Wildman–Crippen LogP) is 2.35. The third-order valence-corrected chi connectivity index (χ3v) is 7.01. The molecule has 6 N–H and O–H groups in total. The Hall–Kier alpha value is -4.42. The topological polar surface area (TPSA) is 174 Å². The van der Waals surface area contributed by atoms with Gasteiger partial charge in [-0.1, -0.05) is 48.5 Å². The number of esters is 2. The molecule has 44 heavy (non-hydrogen) atoms. The summed E-state index contributed by atoms with van der Waals surface area (Å²) < 4.78 is 15.4. The number of primary amides is 1. The van der Waals surface area contributed by atoms with Crippen LogP contribution in [0.4, 0.5) is 4.79 Å². The second-order valence-electron chi connectivity index (χ2n) is 11.5. The molecular weight excluding hydrogens is 566 g/mol. The average molecular weight is 610 g/mol. The second-order valence-corrected chi connectivity index (χ2v) is 11.5. The van der Waals surface area contributed by atoms with Gasteiger partial charge in [0, 0.05) is 29.7 Å². The normalized spacial score (nSPS) is 14.2. The summed E-state index contributed by atoms with van der Waals surface area (Å²) in [5.74, 6) is -1.90. The Morgan fingerprint density at radius 2 is 1.57 bits per heavy atom. The Kier molecular flexibility index (Phi) is 12.3. The van der Waals surface area contributed by atoms with E-state index in [0.717, 1.165) is 22.0 Å². The van der Waals surface area contributed by atoms with Gasteiger partial charge in [0.15, 0.2) is 0 Å². The number of para-hydroxylation sites is 1. The minimum Gasteiger partial charge on any atom is -0.469 e. The third-order valence-electron chi connectivity index (χ3n) is 7.01. The lowest BCUT2D eigenvalue weighted by molar-refractivity contribution is -0.149. The highest BCUT2D eigenvalue weighted by Gasteiger charge is 2.33. The van der Waals surface area contributed by atoms with Gasteiger partial charge in [-0.2, -0.15) is 0 Å². The number of nitrogens with two attached hydrogens (primary N) is 1. The Bertz CT molecular complexity index is 1400. The molecule has 0 aliphatic carbocycles. The van der Waals surface area contributed by atoms with Crippen LogP contribution >= 0.6 is 0 Å². The van der Waals surface area contributed by atoms with E-state index in [9.17, 15) is 19.2 Å². The summed E-state index contributed by atoms with van der Waals surface area (Å²) >= 11 is 0. The van der Waals surface area contributed by atoms with Gasteiger partial charge in [-0.15, -0.1) is 0 Å². The molecule has 0 aliphatic rings. The van der Waals surface area contributed by atoms with Crippen molar-refractivity contribution in [2.45, 2.75) is 69.8 Å². The maximum Gasteiger partial charge on any atom is 0.407 e. The Morgan fingerprint density at radius 1 is 0.886 bits per heavy atom. The first kappa shape index (κ1) is 34.1. The van der Waals surface area contributed by atoms with Crippen molar-refractivity contribution in [1.29, 1.82) is 0 Å². The van der Waals surface area contributed by atoms with E-state index in [1.807, 2.05) is 60.8 Å². The molecule has 2 aromatic carbocycles. The molecule has 0 fully saturated rings. The van der Waals surface area contributed by atoms with E-state index in [2.05, 4.69) is 20.9 Å². The first-order valence-corrected chi connectivity index (χ1v) is 14.4. The first-order chi connectivity index (χ1) is 20.9. The summed E-state index contributed by atoms with van der Waals surface area (Å²) in [6.45, 7) is 5.33. The molecule has 0 bridgehead atoms. The highest BCUT2D eigenvalue weighted by molar-refractivity contribution is 5.84. The van der Waals surface area contributed by atoms with Crippen molar-refractivity contribution >= 4 is 34.8 Å². The number of carbonyl (C=O) groups is 4. The van der Waals surface area contributed by atoms with Gasteiger partial charge in [-0.3, -0.25) is 19.7 Å². The molecule has 4 atom stereocenters. The first-order valence-electron chi connectivity index (χ1n) is 14.4. The number of amides is 2.